The number of ketones is 2. The van der Waals surface area contributed by atoms with Crippen LogP contribution in [0.15, 0.2) is 41.8 Å². The molecule has 2 atom stereocenters. The number of aliphatic hydroxyl groups is 1. The van der Waals surface area contributed by atoms with Crippen molar-refractivity contribution < 1.29 is 19.4 Å². The van der Waals surface area contributed by atoms with Crippen molar-refractivity contribution in [2.75, 3.05) is 6.61 Å². The molecule has 0 amide bonds. The topological polar surface area (TPSA) is 63.6 Å². The van der Waals surface area contributed by atoms with Crippen molar-refractivity contribution in [3.05, 3.63) is 57.8 Å². The standard InChI is InChI=1S/C20H22O4S/c21-11-15-5-2-1-4-14(15)7-8-17-18(20(23)10-19(17)22)13-24-12-16-6-3-9-25-16/h1-6,9,17-18,21H,7-8,10-13H2/t17-,18-/m1/s1. The molecule has 0 aliphatic heterocycles. The number of benzene rings is 1. The van der Waals surface area contributed by atoms with Gasteiger partial charge in [0.15, 0.2) is 0 Å². The van der Waals surface area contributed by atoms with Crippen molar-refractivity contribution in [2.45, 2.75) is 32.5 Å². The number of hydrogen-bond donors (Lipinski definition) is 1. The predicted molar refractivity (Wildman–Crippen MR) is 96.3 cm³/mol. The summed E-state index contributed by atoms with van der Waals surface area (Å²) in [6.07, 6.45) is 1.33. The van der Waals surface area contributed by atoms with Crippen molar-refractivity contribution in [3.8, 4) is 0 Å². The lowest BCUT2D eigenvalue weighted by Crippen LogP contribution is -2.23. The number of thiophene rings is 1. The highest BCUT2D eigenvalue weighted by Crippen LogP contribution is 2.31. The molecule has 2 aromatic rings. The molecule has 0 spiro atoms. The van der Waals surface area contributed by atoms with Gasteiger partial charge in [-0.1, -0.05) is 30.3 Å². The Morgan fingerprint density at radius 1 is 1.04 bits per heavy atom. The average Bonchev–Trinajstić information content (AvgIpc) is 3.22. The number of ether oxygens (including phenoxy) is 1. The van der Waals surface area contributed by atoms with Crippen LogP contribution in [0.5, 0.6) is 0 Å². The van der Waals surface area contributed by atoms with Crippen LogP contribution in [-0.2, 0) is 34.0 Å². The van der Waals surface area contributed by atoms with Crippen LogP contribution in [0.4, 0.5) is 0 Å². The van der Waals surface area contributed by atoms with Crippen LogP contribution in [-0.4, -0.2) is 23.3 Å². The highest BCUT2D eigenvalue weighted by molar-refractivity contribution is 7.09. The summed E-state index contributed by atoms with van der Waals surface area (Å²) in [5.41, 5.74) is 1.92. The van der Waals surface area contributed by atoms with Crippen LogP contribution in [0.25, 0.3) is 0 Å². The Hall–Kier alpha value is -1.82. The minimum Gasteiger partial charge on any atom is -0.392 e. The third-order valence-corrected chi connectivity index (χ3v) is 5.65. The number of carbonyl (C=O) groups excluding carboxylic acids is 2. The van der Waals surface area contributed by atoms with E-state index in [1.54, 1.807) is 11.3 Å². The Kier molecular flexibility index (Phi) is 6.13. The first-order chi connectivity index (χ1) is 12.2. The molecule has 1 N–H and O–H groups in total. The molecular weight excluding hydrogens is 336 g/mol. The minimum atomic E-state index is -0.339. The number of aryl methyl sites for hydroxylation is 1. The van der Waals surface area contributed by atoms with E-state index in [9.17, 15) is 14.7 Å². The van der Waals surface area contributed by atoms with E-state index in [-0.39, 0.29) is 36.4 Å². The smallest absolute Gasteiger partial charge is 0.146 e. The van der Waals surface area contributed by atoms with Gasteiger partial charge in [0.2, 0.25) is 0 Å². The van der Waals surface area contributed by atoms with Crippen LogP contribution >= 0.6 is 11.3 Å². The zero-order chi connectivity index (χ0) is 17.6. The summed E-state index contributed by atoms with van der Waals surface area (Å²) in [4.78, 5) is 25.5. The molecule has 1 aromatic heterocycles. The zero-order valence-corrected chi connectivity index (χ0v) is 14.8. The molecule has 1 aliphatic carbocycles. The number of hydrogen-bond acceptors (Lipinski definition) is 5. The van der Waals surface area contributed by atoms with Crippen LogP contribution in [0.2, 0.25) is 0 Å². The Balaban J connectivity index is 1.59. The van der Waals surface area contributed by atoms with Gasteiger partial charge >= 0.3 is 0 Å². The van der Waals surface area contributed by atoms with Crippen molar-refractivity contribution in [3.63, 3.8) is 0 Å². The van der Waals surface area contributed by atoms with Gasteiger partial charge in [0.05, 0.1) is 32.2 Å². The number of rotatable bonds is 8. The Bertz CT molecular complexity index is 723. The molecule has 3 rings (SSSR count). The maximum Gasteiger partial charge on any atom is 0.146 e. The Morgan fingerprint density at radius 2 is 1.80 bits per heavy atom. The van der Waals surface area contributed by atoms with Crippen LogP contribution < -0.4 is 0 Å². The van der Waals surface area contributed by atoms with Gasteiger partial charge in [0.1, 0.15) is 11.6 Å². The average molecular weight is 358 g/mol. The maximum absolute atomic E-state index is 12.2. The largest absolute Gasteiger partial charge is 0.392 e. The molecule has 0 unspecified atom stereocenters. The lowest BCUT2D eigenvalue weighted by atomic mass is 9.88. The molecule has 1 saturated carbocycles. The number of Topliss-reactive ketones (excluding diaryl/α,β-unsaturated/α-hetero) is 2. The van der Waals surface area contributed by atoms with Gasteiger partial charge in [-0.2, -0.15) is 0 Å². The van der Waals surface area contributed by atoms with E-state index in [1.165, 1.54) is 0 Å². The van der Waals surface area contributed by atoms with E-state index < -0.39 is 0 Å². The summed E-state index contributed by atoms with van der Waals surface area (Å²) in [6, 6.07) is 11.6. The molecule has 0 bridgehead atoms. The second-order valence-electron chi connectivity index (χ2n) is 6.38. The molecular formula is C20H22O4S. The van der Waals surface area contributed by atoms with Gasteiger partial charge in [-0.25, -0.2) is 0 Å². The summed E-state index contributed by atoms with van der Waals surface area (Å²) >= 11 is 1.62. The van der Waals surface area contributed by atoms with Crippen molar-refractivity contribution in [1.82, 2.24) is 0 Å². The van der Waals surface area contributed by atoms with Crippen LogP contribution in [0.1, 0.15) is 28.8 Å². The van der Waals surface area contributed by atoms with Crippen molar-refractivity contribution in [2.24, 2.45) is 11.8 Å². The second-order valence-corrected chi connectivity index (χ2v) is 7.41. The second kappa shape index (κ2) is 8.52. The fraction of sp³-hybridized carbons (Fsp3) is 0.400. The van der Waals surface area contributed by atoms with E-state index in [4.69, 9.17) is 4.74 Å². The summed E-state index contributed by atoms with van der Waals surface area (Å²) in [7, 11) is 0. The summed E-state index contributed by atoms with van der Waals surface area (Å²) < 4.78 is 5.71. The molecule has 1 fully saturated rings. The van der Waals surface area contributed by atoms with E-state index in [0.29, 0.717) is 26.1 Å². The zero-order valence-electron chi connectivity index (χ0n) is 14.0. The van der Waals surface area contributed by atoms with E-state index in [0.717, 1.165) is 16.0 Å². The van der Waals surface area contributed by atoms with Crippen molar-refractivity contribution in [1.29, 1.82) is 0 Å². The highest BCUT2D eigenvalue weighted by atomic mass is 32.1. The lowest BCUT2D eigenvalue weighted by Gasteiger charge is -2.18. The van der Waals surface area contributed by atoms with E-state index in [1.807, 2.05) is 41.8 Å². The van der Waals surface area contributed by atoms with Gasteiger partial charge in [0.25, 0.3) is 0 Å². The number of carbonyl (C=O) groups is 2. The van der Waals surface area contributed by atoms with Gasteiger partial charge in [-0.05, 0) is 35.4 Å². The first-order valence-electron chi connectivity index (χ1n) is 8.52. The van der Waals surface area contributed by atoms with Crippen LogP contribution in [0, 0.1) is 11.8 Å². The molecule has 4 nitrogen and oxygen atoms in total. The number of aliphatic hydroxyl groups excluding tert-OH is 1. The third-order valence-electron chi connectivity index (χ3n) is 4.80. The molecule has 5 heteroatoms. The van der Waals surface area contributed by atoms with E-state index in [2.05, 4.69) is 0 Å². The molecule has 1 aromatic carbocycles. The fourth-order valence-electron chi connectivity index (χ4n) is 3.40. The van der Waals surface area contributed by atoms with Gasteiger partial charge < -0.3 is 9.84 Å². The van der Waals surface area contributed by atoms with E-state index >= 15 is 0 Å². The quantitative estimate of drug-likeness (QED) is 0.736. The first-order valence-corrected chi connectivity index (χ1v) is 9.40. The molecule has 1 heterocycles. The first kappa shape index (κ1) is 18.0. The van der Waals surface area contributed by atoms with Gasteiger partial charge in [-0.15, -0.1) is 11.3 Å². The maximum atomic E-state index is 12.2. The highest BCUT2D eigenvalue weighted by Gasteiger charge is 2.41. The third kappa shape index (κ3) is 4.42. The normalized spacial score (nSPS) is 20.4. The summed E-state index contributed by atoms with van der Waals surface area (Å²) in [5.74, 6) is -0.593. The Labute approximate surface area is 151 Å². The van der Waals surface area contributed by atoms with Crippen molar-refractivity contribution >= 4 is 22.9 Å². The summed E-state index contributed by atoms with van der Waals surface area (Å²) in [6.45, 7) is 0.769. The predicted octanol–water partition coefficient (Wildman–Crippen LogP) is 3.16. The van der Waals surface area contributed by atoms with Gasteiger partial charge in [0, 0.05) is 10.8 Å². The molecule has 1 aliphatic rings. The Morgan fingerprint density at radius 3 is 2.52 bits per heavy atom. The minimum absolute atomic E-state index is 0.00313. The molecule has 25 heavy (non-hydrogen) atoms. The molecule has 132 valence electrons. The van der Waals surface area contributed by atoms with Crippen LogP contribution in [0.3, 0.4) is 0 Å². The monoisotopic (exact) mass is 358 g/mol. The molecule has 0 saturated heterocycles. The fourth-order valence-corrected chi connectivity index (χ4v) is 4.04. The lowest BCUT2D eigenvalue weighted by molar-refractivity contribution is -0.123. The van der Waals surface area contributed by atoms with Gasteiger partial charge in [-0.3, -0.25) is 9.59 Å². The summed E-state index contributed by atoms with van der Waals surface area (Å²) in [5, 5.41) is 11.4. The SMILES string of the molecule is O=C1CC(=O)[C@H](COCc2cccs2)[C@H]1CCc1ccccc1CO. The molecule has 0 radical (unpaired) electrons.